The Hall–Kier alpha value is -1.03. The van der Waals surface area contributed by atoms with Crippen LogP contribution in [0.1, 0.15) is 37.1 Å². The molecule has 4 nitrogen and oxygen atoms in total. The lowest BCUT2D eigenvalue weighted by Crippen LogP contribution is -2.21. The predicted molar refractivity (Wildman–Crippen MR) is 52.4 cm³/mol. The first-order chi connectivity index (χ1) is 6.86. The fraction of sp³-hybridized carbons (Fsp3) is 0.700. The lowest BCUT2D eigenvalue weighted by atomic mass is 9.93. The molecule has 0 saturated carbocycles. The number of hydrogen-bond acceptors (Lipinski definition) is 4. The van der Waals surface area contributed by atoms with Gasteiger partial charge in [0.15, 0.2) is 0 Å². The first kappa shape index (κ1) is 9.52. The van der Waals surface area contributed by atoms with Crippen molar-refractivity contribution in [3.63, 3.8) is 0 Å². The van der Waals surface area contributed by atoms with Gasteiger partial charge in [0.1, 0.15) is 5.76 Å². The van der Waals surface area contributed by atoms with Gasteiger partial charge in [0, 0.05) is 12.5 Å². The number of fused-ring (bicyclic) bond motifs is 1. The largest absolute Gasteiger partial charge is 0.476 e. The van der Waals surface area contributed by atoms with E-state index in [0.29, 0.717) is 18.5 Å². The third kappa shape index (κ3) is 1.50. The Balaban J connectivity index is 2.31. The minimum absolute atomic E-state index is 0.339. The van der Waals surface area contributed by atoms with Crippen LogP contribution in [0.15, 0.2) is 4.52 Å². The van der Waals surface area contributed by atoms with E-state index in [1.54, 1.807) is 0 Å². The highest BCUT2D eigenvalue weighted by Crippen LogP contribution is 2.35. The van der Waals surface area contributed by atoms with Gasteiger partial charge in [-0.25, -0.2) is 0 Å². The van der Waals surface area contributed by atoms with Crippen molar-refractivity contribution in [2.45, 2.75) is 32.2 Å². The van der Waals surface area contributed by atoms with Crippen LogP contribution in [0.5, 0.6) is 5.88 Å². The number of hydrogen-bond donors (Lipinski definition) is 1. The molecule has 0 saturated heterocycles. The third-order valence-corrected chi connectivity index (χ3v) is 2.64. The molecule has 0 unspecified atom stereocenters. The van der Waals surface area contributed by atoms with E-state index in [2.05, 4.69) is 10.5 Å². The first-order valence-corrected chi connectivity index (χ1v) is 5.15. The van der Waals surface area contributed by atoms with E-state index < -0.39 is 0 Å². The molecule has 1 aromatic rings. The van der Waals surface area contributed by atoms with E-state index in [1.165, 1.54) is 0 Å². The van der Waals surface area contributed by atoms with Crippen LogP contribution in [0.25, 0.3) is 0 Å². The highest BCUT2D eigenvalue weighted by Gasteiger charge is 2.27. The van der Waals surface area contributed by atoms with E-state index in [9.17, 15) is 0 Å². The second kappa shape index (κ2) is 4.00. The van der Waals surface area contributed by atoms with Crippen LogP contribution in [0.4, 0.5) is 0 Å². The van der Waals surface area contributed by atoms with Gasteiger partial charge in [-0.05, 0) is 32.0 Å². The molecule has 4 heteroatoms. The van der Waals surface area contributed by atoms with Crippen molar-refractivity contribution in [1.82, 2.24) is 10.5 Å². The summed E-state index contributed by atoms with van der Waals surface area (Å²) in [5.41, 5.74) is 1.13. The summed E-state index contributed by atoms with van der Waals surface area (Å²) < 4.78 is 10.7. The van der Waals surface area contributed by atoms with Gasteiger partial charge in [0.25, 0.3) is 5.88 Å². The van der Waals surface area contributed by atoms with Crippen LogP contribution < -0.4 is 10.1 Å². The summed E-state index contributed by atoms with van der Waals surface area (Å²) in [5.74, 6) is 1.65. The van der Waals surface area contributed by atoms with E-state index >= 15 is 0 Å². The van der Waals surface area contributed by atoms with E-state index in [1.807, 2.05) is 14.0 Å². The molecule has 78 valence electrons. The zero-order chi connectivity index (χ0) is 9.97. The molecule has 0 spiro atoms. The van der Waals surface area contributed by atoms with Crippen LogP contribution in [0, 0.1) is 0 Å². The number of ether oxygens (including phenoxy) is 1. The number of nitrogens with zero attached hydrogens (tertiary/aromatic N) is 1. The summed E-state index contributed by atoms with van der Waals surface area (Å²) in [4.78, 5) is 0. The Kier molecular flexibility index (Phi) is 2.72. The molecule has 0 amide bonds. The molecular weight excluding hydrogens is 180 g/mol. The number of aromatic nitrogens is 1. The SMILES string of the molecule is CCOc1noc2c1[C@H](NC)CCC2. The summed E-state index contributed by atoms with van der Waals surface area (Å²) in [6.07, 6.45) is 3.26. The fourth-order valence-corrected chi connectivity index (χ4v) is 1.98. The van der Waals surface area contributed by atoms with Crippen molar-refractivity contribution < 1.29 is 9.26 Å². The van der Waals surface area contributed by atoms with E-state index in [0.717, 1.165) is 30.6 Å². The maximum atomic E-state index is 5.43. The molecule has 0 radical (unpaired) electrons. The Morgan fingerprint density at radius 1 is 1.64 bits per heavy atom. The first-order valence-electron chi connectivity index (χ1n) is 5.15. The maximum absolute atomic E-state index is 5.43. The monoisotopic (exact) mass is 196 g/mol. The van der Waals surface area contributed by atoms with Crippen molar-refractivity contribution in [1.29, 1.82) is 0 Å². The molecule has 1 N–H and O–H groups in total. The topological polar surface area (TPSA) is 47.3 Å². The second-order valence-electron chi connectivity index (χ2n) is 3.49. The molecule has 1 aliphatic carbocycles. The molecule has 0 fully saturated rings. The van der Waals surface area contributed by atoms with Crippen molar-refractivity contribution in [2.75, 3.05) is 13.7 Å². The van der Waals surface area contributed by atoms with Gasteiger partial charge in [0.2, 0.25) is 0 Å². The normalized spacial score (nSPS) is 20.6. The van der Waals surface area contributed by atoms with Crippen LogP contribution in [0.3, 0.4) is 0 Å². The molecule has 0 aliphatic heterocycles. The number of rotatable bonds is 3. The summed E-state index contributed by atoms with van der Waals surface area (Å²) in [6, 6.07) is 0.339. The van der Waals surface area contributed by atoms with Crippen molar-refractivity contribution >= 4 is 0 Å². The lowest BCUT2D eigenvalue weighted by Gasteiger charge is -2.20. The van der Waals surface area contributed by atoms with Crippen LogP contribution >= 0.6 is 0 Å². The summed E-state index contributed by atoms with van der Waals surface area (Å²) in [5, 5.41) is 7.21. The van der Waals surface area contributed by atoms with E-state index in [4.69, 9.17) is 9.26 Å². The standard InChI is InChI=1S/C10H16N2O2/c1-3-13-10-9-7(11-2)5-4-6-8(9)14-12-10/h7,11H,3-6H2,1-2H3/t7-/m1/s1. The molecule has 0 aromatic carbocycles. The third-order valence-electron chi connectivity index (χ3n) is 2.64. The zero-order valence-corrected chi connectivity index (χ0v) is 8.67. The van der Waals surface area contributed by atoms with Crippen LogP contribution in [-0.4, -0.2) is 18.8 Å². The second-order valence-corrected chi connectivity index (χ2v) is 3.49. The zero-order valence-electron chi connectivity index (χ0n) is 8.67. The van der Waals surface area contributed by atoms with Crippen molar-refractivity contribution in [3.8, 4) is 5.88 Å². The minimum Gasteiger partial charge on any atom is -0.476 e. The van der Waals surface area contributed by atoms with Crippen molar-refractivity contribution in [2.24, 2.45) is 0 Å². The average Bonchev–Trinajstić information content (AvgIpc) is 2.62. The maximum Gasteiger partial charge on any atom is 0.259 e. The van der Waals surface area contributed by atoms with Gasteiger partial charge in [-0.15, -0.1) is 0 Å². The quantitative estimate of drug-likeness (QED) is 0.798. The number of aryl methyl sites for hydroxylation is 1. The molecule has 0 bridgehead atoms. The Labute approximate surface area is 83.6 Å². The highest BCUT2D eigenvalue weighted by molar-refractivity contribution is 5.33. The summed E-state index contributed by atoms with van der Waals surface area (Å²) in [6.45, 7) is 2.59. The highest BCUT2D eigenvalue weighted by atomic mass is 16.5. The lowest BCUT2D eigenvalue weighted by molar-refractivity contribution is 0.289. The van der Waals surface area contributed by atoms with Gasteiger partial charge >= 0.3 is 0 Å². The molecule has 1 heterocycles. The van der Waals surface area contributed by atoms with Gasteiger partial charge in [-0.1, -0.05) is 0 Å². The fourth-order valence-electron chi connectivity index (χ4n) is 1.98. The Morgan fingerprint density at radius 3 is 3.21 bits per heavy atom. The predicted octanol–water partition coefficient (Wildman–Crippen LogP) is 1.67. The molecule has 1 atom stereocenters. The smallest absolute Gasteiger partial charge is 0.259 e. The summed E-state index contributed by atoms with van der Waals surface area (Å²) >= 11 is 0. The Morgan fingerprint density at radius 2 is 2.50 bits per heavy atom. The minimum atomic E-state index is 0.339. The molecular formula is C10H16N2O2. The summed E-state index contributed by atoms with van der Waals surface area (Å²) in [7, 11) is 1.96. The molecule has 1 aromatic heterocycles. The van der Waals surface area contributed by atoms with E-state index in [-0.39, 0.29) is 0 Å². The number of nitrogens with one attached hydrogen (secondary N) is 1. The van der Waals surface area contributed by atoms with Crippen LogP contribution in [0.2, 0.25) is 0 Å². The molecule has 14 heavy (non-hydrogen) atoms. The van der Waals surface area contributed by atoms with Gasteiger partial charge in [-0.2, -0.15) is 0 Å². The Bertz CT molecular complexity index is 309. The molecule has 1 aliphatic rings. The van der Waals surface area contributed by atoms with Gasteiger partial charge in [-0.3, -0.25) is 0 Å². The average molecular weight is 196 g/mol. The molecule has 2 rings (SSSR count). The van der Waals surface area contributed by atoms with Crippen molar-refractivity contribution in [3.05, 3.63) is 11.3 Å². The van der Waals surface area contributed by atoms with Gasteiger partial charge < -0.3 is 14.6 Å². The van der Waals surface area contributed by atoms with Gasteiger partial charge in [0.05, 0.1) is 12.2 Å². The van der Waals surface area contributed by atoms with Crippen LogP contribution in [-0.2, 0) is 6.42 Å².